The number of halogens is 18. The van der Waals surface area contributed by atoms with Gasteiger partial charge in [-0.05, 0) is 17.7 Å². The highest BCUT2D eigenvalue weighted by atomic mass is 19.4. The predicted molar refractivity (Wildman–Crippen MR) is 81.5 cm³/mol. The Labute approximate surface area is 188 Å². The van der Waals surface area contributed by atoms with Crippen LogP contribution >= 0.6 is 0 Å². The Morgan fingerprint density at radius 1 is 0.611 bits per heavy atom. The number of benzene rings is 1. The highest BCUT2D eigenvalue weighted by Crippen LogP contribution is 2.64. The number of methoxy groups -OCH3 is 1. The molecule has 1 nitrogen and oxygen atoms in total. The maximum atomic E-state index is 14.1. The molecule has 36 heavy (non-hydrogen) atoms. The summed E-state index contributed by atoms with van der Waals surface area (Å²) in [5, 5.41) is 0. The van der Waals surface area contributed by atoms with Crippen LogP contribution in [0.15, 0.2) is 24.3 Å². The molecule has 0 aromatic heterocycles. The van der Waals surface area contributed by atoms with Gasteiger partial charge in [0.05, 0.1) is 6.10 Å². The summed E-state index contributed by atoms with van der Waals surface area (Å²) in [5.74, 6) is -58.2. The third kappa shape index (κ3) is 4.55. The lowest BCUT2D eigenvalue weighted by Crippen LogP contribution is -2.74. The zero-order chi connectivity index (χ0) is 29.0. The second kappa shape index (κ2) is 9.04. The molecule has 1 aromatic rings. The molecule has 0 fully saturated rings. The molecule has 0 N–H and O–H groups in total. The van der Waals surface area contributed by atoms with Gasteiger partial charge < -0.3 is 4.74 Å². The molecule has 1 atom stereocenters. The van der Waals surface area contributed by atoms with E-state index in [1.165, 1.54) is 0 Å². The molecule has 0 aliphatic heterocycles. The molecular weight excluding hydrogens is 562 g/mol. The van der Waals surface area contributed by atoms with Crippen molar-refractivity contribution in [3.05, 3.63) is 35.6 Å². The van der Waals surface area contributed by atoms with E-state index in [9.17, 15) is 79.0 Å². The zero-order valence-electron chi connectivity index (χ0n) is 16.8. The van der Waals surface area contributed by atoms with Crippen LogP contribution in [0.5, 0.6) is 0 Å². The summed E-state index contributed by atoms with van der Waals surface area (Å²) >= 11 is 0. The zero-order valence-corrected chi connectivity index (χ0v) is 16.8. The summed E-state index contributed by atoms with van der Waals surface area (Å²) in [6, 6.07) is 2.34. The Morgan fingerprint density at radius 2 is 1.00 bits per heavy atom. The van der Waals surface area contributed by atoms with Gasteiger partial charge in [-0.2, -0.15) is 74.6 Å². The molecule has 0 aliphatic rings. The van der Waals surface area contributed by atoms with Crippen LogP contribution in [0, 0.1) is 5.82 Å². The fraction of sp³-hybridized carbons (Fsp3) is 0.647. The van der Waals surface area contributed by atoms with Gasteiger partial charge in [-0.15, -0.1) is 0 Å². The van der Waals surface area contributed by atoms with Crippen molar-refractivity contribution in [2.24, 2.45) is 0 Å². The van der Waals surface area contributed by atoms with Crippen LogP contribution in [-0.4, -0.2) is 54.7 Å². The van der Waals surface area contributed by atoms with Crippen LogP contribution in [0.1, 0.15) is 18.1 Å². The van der Waals surface area contributed by atoms with Crippen molar-refractivity contribution in [3.8, 4) is 0 Å². The maximum Gasteiger partial charge on any atom is 0.460 e. The van der Waals surface area contributed by atoms with Gasteiger partial charge in [-0.3, -0.25) is 0 Å². The molecule has 1 unspecified atom stereocenters. The van der Waals surface area contributed by atoms with E-state index < -0.39 is 71.5 Å². The highest BCUT2D eigenvalue weighted by Gasteiger charge is 2.95. The molecule has 0 heterocycles. The molecule has 0 saturated heterocycles. The quantitative estimate of drug-likeness (QED) is 0.259. The van der Waals surface area contributed by atoms with E-state index in [4.69, 9.17) is 0 Å². The molecule has 0 spiro atoms. The van der Waals surface area contributed by atoms with E-state index in [1.54, 1.807) is 0 Å². The van der Waals surface area contributed by atoms with E-state index in [0.717, 1.165) is 6.07 Å². The topological polar surface area (TPSA) is 9.23 Å². The van der Waals surface area contributed by atoms with Gasteiger partial charge in [0.15, 0.2) is 0 Å². The number of hydrogen-bond acceptors (Lipinski definition) is 1. The highest BCUT2D eigenvalue weighted by molar-refractivity contribution is 5.21. The van der Waals surface area contributed by atoms with Crippen molar-refractivity contribution in [2.45, 2.75) is 60.2 Å². The molecule has 0 bridgehead atoms. The smallest absolute Gasteiger partial charge is 0.377 e. The van der Waals surface area contributed by atoms with Crippen LogP contribution in [0.25, 0.3) is 0 Å². The molecule has 0 saturated carbocycles. The average molecular weight is 572 g/mol. The Kier molecular flexibility index (Phi) is 8.02. The SMILES string of the molecule is COC(CC(F)(F)C(F)(F)C(F)(F)C(F)(F)C(F)(F)C(F)(F)C(F)(F)C(F)(F)F)c1cccc(F)c1. The summed E-state index contributed by atoms with van der Waals surface area (Å²) in [5.41, 5.74) is -0.829. The Balaban J connectivity index is 3.58. The van der Waals surface area contributed by atoms with Gasteiger partial charge in [-0.25, -0.2) is 4.39 Å². The van der Waals surface area contributed by atoms with E-state index in [2.05, 4.69) is 4.74 Å². The first kappa shape index (κ1) is 31.9. The monoisotopic (exact) mass is 572 g/mol. The molecule has 1 aromatic carbocycles. The lowest BCUT2D eigenvalue weighted by molar-refractivity contribution is -0.462. The van der Waals surface area contributed by atoms with Gasteiger partial charge in [0, 0.05) is 13.5 Å². The van der Waals surface area contributed by atoms with Crippen LogP contribution in [-0.2, 0) is 4.74 Å². The predicted octanol–water partition coefficient (Wildman–Crippen LogP) is 7.91. The number of rotatable bonds is 10. The Bertz CT molecular complexity index is 918. The third-order valence-corrected chi connectivity index (χ3v) is 4.73. The van der Waals surface area contributed by atoms with Crippen LogP contribution in [0.3, 0.4) is 0 Å². The molecule has 0 radical (unpaired) electrons. The van der Waals surface area contributed by atoms with E-state index >= 15 is 0 Å². The van der Waals surface area contributed by atoms with E-state index in [1.807, 2.05) is 0 Å². The number of alkyl halides is 17. The number of hydrogen-bond donors (Lipinski definition) is 0. The van der Waals surface area contributed by atoms with Crippen molar-refractivity contribution in [2.75, 3.05) is 7.11 Å². The van der Waals surface area contributed by atoms with Crippen LogP contribution in [0.4, 0.5) is 79.0 Å². The molecule has 0 amide bonds. The second-order valence-electron chi connectivity index (χ2n) is 7.13. The van der Waals surface area contributed by atoms with Crippen molar-refractivity contribution < 1.29 is 83.8 Å². The Morgan fingerprint density at radius 3 is 1.36 bits per heavy atom. The summed E-state index contributed by atoms with van der Waals surface area (Å²) in [7, 11) is 0.421. The van der Waals surface area contributed by atoms with Crippen molar-refractivity contribution in [1.82, 2.24) is 0 Å². The lowest BCUT2D eigenvalue weighted by Gasteiger charge is -2.43. The van der Waals surface area contributed by atoms with Gasteiger partial charge in [0.25, 0.3) is 0 Å². The fourth-order valence-electron chi connectivity index (χ4n) is 2.60. The van der Waals surface area contributed by atoms with Crippen LogP contribution < -0.4 is 0 Å². The first-order valence-electron chi connectivity index (χ1n) is 8.67. The van der Waals surface area contributed by atoms with Gasteiger partial charge in [0.2, 0.25) is 0 Å². The minimum atomic E-state index is -8.69. The normalized spacial score (nSPS) is 16.3. The van der Waals surface area contributed by atoms with Crippen molar-refractivity contribution in [3.63, 3.8) is 0 Å². The van der Waals surface area contributed by atoms with Crippen LogP contribution in [0.2, 0.25) is 0 Å². The first-order valence-corrected chi connectivity index (χ1v) is 8.67. The molecule has 1 rings (SSSR count). The van der Waals surface area contributed by atoms with Gasteiger partial charge in [0.1, 0.15) is 5.82 Å². The standard InChI is InChI=1S/C17H10F18O/c1-36-9(7-3-2-4-8(18)5-7)6-10(19,20)11(21,22)12(23,24)13(25,26)14(27,28)15(29,30)16(31,32)17(33,34)35/h2-5,9H,6H2,1H3. The minimum absolute atomic E-state index is 0.295. The molecule has 210 valence electrons. The maximum absolute atomic E-state index is 14.1. The Hall–Kier alpha value is -2.08. The van der Waals surface area contributed by atoms with Gasteiger partial charge in [-0.1, -0.05) is 12.1 Å². The summed E-state index contributed by atoms with van der Waals surface area (Å²) in [4.78, 5) is 0. The minimum Gasteiger partial charge on any atom is -0.377 e. The summed E-state index contributed by atoms with van der Waals surface area (Å²) < 4.78 is 243. The fourth-order valence-corrected chi connectivity index (χ4v) is 2.60. The number of ether oxygens (including phenoxy) is 1. The first-order chi connectivity index (χ1) is 15.7. The lowest BCUT2D eigenvalue weighted by atomic mass is 9.87. The molecule has 19 heteroatoms. The molecule has 0 aliphatic carbocycles. The van der Waals surface area contributed by atoms with Crippen molar-refractivity contribution in [1.29, 1.82) is 0 Å². The average Bonchev–Trinajstić information content (AvgIpc) is 2.70. The second-order valence-corrected chi connectivity index (χ2v) is 7.13. The molecular formula is C17H10F18O. The summed E-state index contributed by atoms with van der Waals surface area (Å²) in [6.45, 7) is 0. The van der Waals surface area contributed by atoms with E-state index in [0.29, 0.717) is 25.3 Å². The van der Waals surface area contributed by atoms with E-state index in [-0.39, 0.29) is 0 Å². The summed E-state index contributed by atoms with van der Waals surface area (Å²) in [6.07, 6.45) is -13.2. The van der Waals surface area contributed by atoms with Gasteiger partial charge >= 0.3 is 47.6 Å². The van der Waals surface area contributed by atoms with Crippen molar-refractivity contribution >= 4 is 0 Å². The third-order valence-electron chi connectivity index (χ3n) is 4.73. The largest absolute Gasteiger partial charge is 0.460 e.